The third-order valence-corrected chi connectivity index (χ3v) is 7.15. The maximum Gasteiger partial charge on any atom is 0.327 e. The molecule has 168 valence electrons. The van der Waals surface area contributed by atoms with E-state index in [9.17, 15) is 9.59 Å². The average Bonchev–Trinajstić information content (AvgIpc) is 3.35. The highest BCUT2D eigenvalue weighted by atomic mass is 16.5. The molecular formula is C25H29N3O4. The van der Waals surface area contributed by atoms with Gasteiger partial charge in [0, 0.05) is 33.1 Å². The number of urea groups is 1. The van der Waals surface area contributed by atoms with Gasteiger partial charge in [0.05, 0.1) is 20.3 Å². The summed E-state index contributed by atoms with van der Waals surface area (Å²) in [5.41, 5.74) is 2.73. The Hall–Kier alpha value is -3.06. The number of likely N-dealkylation sites (N-methyl/N-ethyl adjacent to an activating group) is 1. The number of carbonyl (C=O) groups excluding carboxylic acids is 2. The first-order valence-electron chi connectivity index (χ1n) is 11.2. The van der Waals surface area contributed by atoms with Crippen LogP contribution in [0.5, 0.6) is 11.5 Å². The van der Waals surface area contributed by atoms with E-state index in [0.29, 0.717) is 12.8 Å². The largest absolute Gasteiger partial charge is 0.497 e. The van der Waals surface area contributed by atoms with Crippen molar-refractivity contribution >= 4 is 11.9 Å². The van der Waals surface area contributed by atoms with Crippen LogP contribution in [0.1, 0.15) is 29.5 Å². The second-order valence-corrected chi connectivity index (χ2v) is 8.93. The molecule has 0 N–H and O–H groups in total. The van der Waals surface area contributed by atoms with Gasteiger partial charge in [0.25, 0.3) is 5.91 Å². The van der Waals surface area contributed by atoms with Crippen molar-refractivity contribution in [3.05, 3.63) is 59.2 Å². The Morgan fingerprint density at radius 2 is 1.72 bits per heavy atom. The number of amides is 3. The zero-order chi connectivity index (χ0) is 22.3. The normalized spacial score (nSPS) is 20.1. The molecule has 3 amide bonds. The van der Waals surface area contributed by atoms with Gasteiger partial charge in [-0.1, -0.05) is 24.3 Å². The van der Waals surface area contributed by atoms with Crippen LogP contribution in [0.25, 0.3) is 0 Å². The number of methoxy groups -OCH3 is 1. The molecule has 5 rings (SSSR count). The number of hydrogen-bond donors (Lipinski definition) is 0. The summed E-state index contributed by atoms with van der Waals surface area (Å²) in [5, 5.41) is 0. The van der Waals surface area contributed by atoms with E-state index in [1.807, 2.05) is 24.3 Å². The Kier molecular flexibility index (Phi) is 5.29. The van der Waals surface area contributed by atoms with Crippen LogP contribution in [-0.2, 0) is 24.3 Å². The number of benzene rings is 2. The summed E-state index contributed by atoms with van der Waals surface area (Å²) < 4.78 is 10.8. The van der Waals surface area contributed by atoms with Crippen LogP contribution in [0.4, 0.5) is 4.79 Å². The van der Waals surface area contributed by atoms with Gasteiger partial charge in [0.1, 0.15) is 17.0 Å². The van der Waals surface area contributed by atoms with Gasteiger partial charge in [0.15, 0.2) is 0 Å². The Bertz CT molecular complexity index is 1030. The Morgan fingerprint density at radius 3 is 2.44 bits per heavy atom. The van der Waals surface area contributed by atoms with Gasteiger partial charge in [-0.05, 0) is 47.7 Å². The number of likely N-dealkylation sites (tertiary alicyclic amines) is 1. The fourth-order valence-corrected chi connectivity index (χ4v) is 5.13. The van der Waals surface area contributed by atoms with Crippen molar-refractivity contribution in [3.63, 3.8) is 0 Å². The molecule has 3 heterocycles. The van der Waals surface area contributed by atoms with Gasteiger partial charge < -0.3 is 14.4 Å². The molecule has 0 saturated carbocycles. The van der Waals surface area contributed by atoms with E-state index in [-0.39, 0.29) is 18.5 Å². The fraction of sp³-hybridized carbons (Fsp3) is 0.440. The highest BCUT2D eigenvalue weighted by molar-refractivity contribution is 6.06. The molecular weight excluding hydrogens is 406 g/mol. The van der Waals surface area contributed by atoms with E-state index in [0.717, 1.165) is 49.7 Å². The van der Waals surface area contributed by atoms with E-state index in [4.69, 9.17) is 9.47 Å². The van der Waals surface area contributed by atoms with Crippen molar-refractivity contribution in [1.82, 2.24) is 14.7 Å². The molecule has 2 aromatic rings. The summed E-state index contributed by atoms with van der Waals surface area (Å²) in [5.74, 6) is 1.68. The van der Waals surface area contributed by atoms with Gasteiger partial charge >= 0.3 is 6.03 Å². The van der Waals surface area contributed by atoms with Crippen LogP contribution in [-0.4, -0.2) is 66.0 Å². The summed E-state index contributed by atoms with van der Waals surface area (Å²) in [4.78, 5) is 31.9. The number of hydrogen-bond acceptors (Lipinski definition) is 5. The van der Waals surface area contributed by atoms with Crippen molar-refractivity contribution in [2.45, 2.75) is 37.9 Å². The Morgan fingerprint density at radius 1 is 1.00 bits per heavy atom. The molecule has 0 bridgehead atoms. The molecule has 3 aliphatic heterocycles. The molecule has 7 heteroatoms. The van der Waals surface area contributed by atoms with Crippen molar-refractivity contribution in [3.8, 4) is 11.5 Å². The van der Waals surface area contributed by atoms with E-state index in [1.165, 1.54) is 16.0 Å². The highest BCUT2D eigenvalue weighted by Crippen LogP contribution is 2.37. The molecule has 0 atom stereocenters. The molecule has 1 spiro atoms. The molecule has 2 saturated heterocycles. The lowest BCUT2D eigenvalue weighted by Crippen LogP contribution is -2.55. The second kappa shape index (κ2) is 8.13. The molecule has 0 aromatic heterocycles. The molecule has 7 nitrogen and oxygen atoms in total. The molecule has 0 radical (unpaired) electrons. The number of rotatable bonds is 5. The van der Waals surface area contributed by atoms with E-state index >= 15 is 0 Å². The molecule has 2 aromatic carbocycles. The lowest BCUT2D eigenvalue weighted by Gasteiger charge is -2.40. The Labute approximate surface area is 188 Å². The quantitative estimate of drug-likeness (QED) is 0.676. The number of piperidine rings is 1. The lowest BCUT2D eigenvalue weighted by atomic mass is 9.86. The minimum absolute atomic E-state index is 0.0739. The van der Waals surface area contributed by atoms with Crippen LogP contribution >= 0.6 is 0 Å². The third kappa shape index (κ3) is 3.50. The molecule has 2 fully saturated rings. The SMILES string of the molecule is COc1ccc(CN2C(=O)N(C)C3(CCN(Cc4ccc5c(c4)CCO5)CC3)C2=O)cc1. The maximum absolute atomic E-state index is 13.4. The summed E-state index contributed by atoms with van der Waals surface area (Å²) >= 11 is 0. The lowest BCUT2D eigenvalue weighted by molar-refractivity contribution is -0.135. The summed E-state index contributed by atoms with van der Waals surface area (Å²) in [6.45, 7) is 3.47. The topological polar surface area (TPSA) is 62.3 Å². The van der Waals surface area contributed by atoms with Gasteiger partial charge in [-0.3, -0.25) is 14.6 Å². The van der Waals surface area contributed by atoms with E-state index in [2.05, 4.69) is 23.1 Å². The number of imide groups is 1. The summed E-state index contributed by atoms with van der Waals surface area (Å²) in [7, 11) is 3.39. The van der Waals surface area contributed by atoms with Crippen molar-refractivity contribution < 1.29 is 19.1 Å². The molecule has 3 aliphatic rings. The monoisotopic (exact) mass is 435 g/mol. The molecule has 32 heavy (non-hydrogen) atoms. The molecule has 0 unspecified atom stereocenters. The first-order chi connectivity index (χ1) is 15.5. The summed E-state index contributed by atoms with van der Waals surface area (Å²) in [6.07, 6.45) is 2.28. The maximum atomic E-state index is 13.4. The number of nitrogens with zero attached hydrogens (tertiary/aromatic N) is 3. The first kappa shape index (κ1) is 20.8. The van der Waals surface area contributed by atoms with Gasteiger partial charge in [-0.2, -0.15) is 0 Å². The predicted octanol–water partition coefficient (Wildman–Crippen LogP) is 3.06. The Balaban J connectivity index is 1.25. The van der Waals surface area contributed by atoms with Crippen LogP contribution in [0.2, 0.25) is 0 Å². The van der Waals surface area contributed by atoms with E-state index < -0.39 is 5.54 Å². The van der Waals surface area contributed by atoms with Crippen LogP contribution < -0.4 is 9.47 Å². The smallest absolute Gasteiger partial charge is 0.327 e. The predicted molar refractivity (Wildman–Crippen MR) is 120 cm³/mol. The number of carbonyl (C=O) groups is 2. The standard InChI is InChI=1S/C25H29N3O4/c1-26-24(30)28(17-18-3-6-21(31-2)7-4-18)23(29)25(26)10-12-27(13-11-25)16-19-5-8-22-20(15-19)9-14-32-22/h3-8,15H,9-14,16-17H2,1-2H3. The average molecular weight is 436 g/mol. The third-order valence-electron chi connectivity index (χ3n) is 7.15. The van der Waals surface area contributed by atoms with Gasteiger partial charge in [0.2, 0.25) is 0 Å². The minimum atomic E-state index is -0.730. The number of fused-ring (bicyclic) bond motifs is 1. The van der Waals surface area contributed by atoms with Crippen molar-refractivity contribution in [2.75, 3.05) is 33.9 Å². The number of ether oxygens (including phenoxy) is 2. The minimum Gasteiger partial charge on any atom is -0.497 e. The van der Waals surface area contributed by atoms with Crippen molar-refractivity contribution in [2.24, 2.45) is 0 Å². The van der Waals surface area contributed by atoms with Crippen LogP contribution in [0, 0.1) is 0 Å². The van der Waals surface area contributed by atoms with E-state index in [1.54, 1.807) is 19.1 Å². The van der Waals surface area contributed by atoms with Crippen molar-refractivity contribution in [1.29, 1.82) is 0 Å². The highest BCUT2D eigenvalue weighted by Gasteiger charge is 2.56. The van der Waals surface area contributed by atoms with Crippen LogP contribution in [0.15, 0.2) is 42.5 Å². The van der Waals surface area contributed by atoms with Gasteiger partial charge in [-0.15, -0.1) is 0 Å². The first-order valence-corrected chi connectivity index (χ1v) is 11.2. The van der Waals surface area contributed by atoms with Crippen LogP contribution in [0.3, 0.4) is 0 Å². The summed E-state index contributed by atoms with van der Waals surface area (Å²) in [6, 6.07) is 13.7. The molecule has 0 aliphatic carbocycles. The zero-order valence-electron chi connectivity index (χ0n) is 18.7. The zero-order valence-corrected chi connectivity index (χ0v) is 18.7. The second-order valence-electron chi connectivity index (χ2n) is 8.93. The van der Waals surface area contributed by atoms with Gasteiger partial charge in [-0.25, -0.2) is 4.79 Å². The fourth-order valence-electron chi connectivity index (χ4n) is 5.13.